The summed E-state index contributed by atoms with van der Waals surface area (Å²) in [6.07, 6.45) is -0.524. The van der Waals surface area contributed by atoms with Crippen LogP contribution in [0.3, 0.4) is 0 Å². The number of nitriles is 1. The van der Waals surface area contributed by atoms with Crippen molar-refractivity contribution < 1.29 is 17.9 Å². The summed E-state index contributed by atoms with van der Waals surface area (Å²) in [6.45, 7) is 2.32. The first-order chi connectivity index (χ1) is 13.9. The molecule has 0 atom stereocenters. The molecule has 1 fully saturated rings. The second-order valence-corrected chi connectivity index (χ2v) is 6.52. The summed E-state index contributed by atoms with van der Waals surface area (Å²) >= 11 is 0. The molecule has 0 aliphatic carbocycles. The summed E-state index contributed by atoms with van der Waals surface area (Å²) < 4.78 is 44.7. The zero-order valence-electron chi connectivity index (χ0n) is 15.7. The van der Waals surface area contributed by atoms with E-state index < -0.39 is 11.7 Å². The van der Waals surface area contributed by atoms with Crippen LogP contribution in [0.2, 0.25) is 0 Å². The standard InChI is InChI=1S/C18H20F3N7O/c1-23-16-13(18(19,20)21)9-26-17(28-16)27-12-6-15(14(7-22)25-8-12)29-10-11-2-4-24-5-3-11/h6,8-9,11,24H,2-5,10H2,1H3,(H2,23,26,27,28). The fourth-order valence-corrected chi connectivity index (χ4v) is 2.93. The van der Waals surface area contributed by atoms with E-state index >= 15 is 0 Å². The van der Waals surface area contributed by atoms with E-state index in [4.69, 9.17) is 4.74 Å². The highest BCUT2D eigenvalue weighted by atomic mass is 19.4. The van der Waals surface area contributed by atoms with Gasteiger partial charge in [-0.3, -0.25) is 0 Å². The van der Waals surface area contributed by atoms with Crippen LogP contribution >= 0.6 is 0 Å². The molecule has 0 amide bonds. The van der Waals surface area contributed by atoms with Crippen molar-refractivity contribution in [2.75, 3.05) is 37.4 Å². The molecular formula is C18H20F3N7O. The van der Waals surface area contributed by atoms with Crippen LogP contribution in [-0.4, -0.2) is 41.7 Å². The van der Waals surface area contributed by atoms with Crippen LogP contribution in [0.1, 0.15) is 24.1 Å². The zero-order chi connectivity index (χ0) is 20.9. The summed E-state index contributed by atoms with van der Waals surface area (Å²) in [5.74, 6) is 0.296. The molecule has 8 nitrogen and oxygen atoms in total. The third-order valence-electron chi connectivity index (χ3n) is 4.48. The van der Waals surface area contributed by atoms with E-state index in [2.05, 4.69) is 30.9 Å². The molecule has 0 radical (unpaired) electrons. The van der Waals surface area contributed by atoms with E-state index in [-0.39, 0.29) is 17.5 Å². The van der Waals surface area contributed by atoms with Crippen LogP contribution in [0.5, 0.6) is 5.75 Å². The molecule has 2 aromatic heterocycles. The van der Waals surface area contributed by atoms with Gasteiger partial charge in [0.2, 0.25) is 5.95 Å². The van der Waals surface area contributed by atoms with E-state index in [1.165, 1.54) is 13.2 Å². The van der Waals surface area contributed by atoms with Crippen LogP contribution in [0.15, 0.2) is 18.5 Å². The number of hydrogen-bond donors (Lipinski definition) is 3. The van der Waals surface area contributed by atoms with Gasteiger partial charge in [0.1, 0.15) is 17.5 Å². The van der Waals surface area contributed by atoms with Crippen molar-refractivity contribution in [3.63, 3.8) is 0 Å². The molecule has 3 heterocycles. The molecular weight excluding hydrogens is 387 g/mol. The highest BCUT2D eigenvalue weighted by Crippen LogP contribution is 2.34. The molecule has 0 aromatic carbocycles. The normalized spacial score (nSPS) is 14.9. The van der Waals surface area contributed by atoms with Crippen LogP contribution in [0, 0.1) is 17.2 Å². The lowest BCUT2D eigenvalue weighted by molar-refractivity contribution is -0.137. The second kappa shape index (κ2) is 8.91. The first-order valence-electron chi connectivity index (χ1n) is 9.03. The minimum absolute atomic E-state index is 0.0434. The molecule has 29 heavy (non-hydrogen) atoms. The number of halogens is 3. The Morgan fingerprint density at radius 1 is 1.28 bits per heavy atom. The molecule has 2 aromatic rings. The summed E-state index contributed by atoms with van der Waals surface area (Å²) in [7, 11) is 1.34. The lowest BCUT2D eigenvalue weighted by Gasteiger charge is -2.22. The molecule has 3 N–H and O–H groups in total. The van der Waals surface area contributed by atoms with Crippen LogP contribution in [-0.2, 0) is 6.18 Å². The average molecular weight is 407 g/mol. The summed E-state index contributed by atoms with van der Waals surface area (Å²) in [4.78, 5) is 11.6. The van der Waals surface area contributed by atoms with Gasteiger partial charge in [-0.15, -0.1) is 0 Å². The Balaban J connectivity index is 1.76. The summed E-state index contributed by atoms with van der Waals surface area (Å²) in [5.41, 5.74) is -0.436. The Hall–Kier alpha value is -3.13. The van der Waals surface area contributed by atoms with Crippen molar-refractivity contribution >= 4 is 17.5 Å². The van der Waals surface area contributed by atoms with E-state index in [0.717, 1.165) is 25.9 Å². The molecule has 11 heteroatoms. The summed E-state index contributed by atoms with van der Waals surface area (Å²) in [5, 5.41) is 17.7. The zero-order valence-corrected chi connectivity index (χ0v) is 15.7. The first-order valence-corrected chi connectivity index (χ1v) is 9.03. The average Bonchev–Trinajstić information content (AvgIpc) is 2.72. The topological polar surface area (TPSA) is 108 Å². The van der Waals surface area contributed by atoms with Crippen molar-refractivity contribution in [3.05, 3.63) is 29.7 Å². The predicted molar refractivity (Wildman–Crippen MR) is 99.9 cm³/mol. The maximum absolute atomic E-state index is 13.0. The molecule has 0 unspecified atom stereocenters. The number of anilines is 3. The fraction of sp³-hybridized carbons (Fsp3) is 0.444. The molecule has 1 aliphatic rings. The van der Waals surface area contributed by atoms with E-state index in [9.17, 15) is 18.4 Å². The Morgan fingerprint density at radius 3 is 2.69 bits per heavy atom. The van der Waals surface area contributed by atoms with Crippen LogP contribution in [0.4, 0.5) is 30.6 Å². The third-order valence-corrected chi connectivity index (χ3v) is 4.48. The van der Waals surface area contributed by atoms with Gasteiger partial charge in [-0.1, -0.05) is 0 Å². The third kappa shape index (κ3) is 5.23. The SMILES string of the molecule is CNc1nc(Nc2cnc(C#N)c(OCC3CCNCC3)c2)ncc1C(F)(F)F. The number of rotatable bonds is 6. The number of pyridine rings is 1. The Labute approximate surface area is 165 Å². The van der Waals surface area contributed by atoms with E-state index in [0.29, 0.717) is 30.2 Å². The number of piperidine rings is 1. The van der Waals surface area contributed by atoms with Crippen molar-refractivity contribution in [2.24, 2.45) is 5.92 Å². The quantitative estimate of drug-likeness (QED) is 0.671. The van der Waals surface area contributed by atoms with Crippen molar-refractivity contribution in [1.29, 1.82) is 5.26 Å². The van der Waals surface area contributed by atoms with Gasteiger partial charge < -0.3 is 20.7 Å². The van der Waals surface area contributed by atoms with Gasteiger partial charge in [0.05, 0.1) is 18.5 Å². The van der Waals surface area contributed by atoms with Gasteiger partial charge in [-0.05, 0) is 31.8 Å². The lowest BCUT2D eigenvalue weighted by atomic mass is 9.99. The molecule has 154 valence electrons. The fourth-order valence-electron chi connectivity index (χ4n) is 2.93. The van der Waals surface area contributed by atoms with Gasteiger partial charge in [0.15, 0.2) is 11.4 Å². The maximum atomic E-state index is 13.0. The van der Waals surface area contributed by atoms with Gasteiger partial charge in [0.25, 0.3) is 0 Å². The smallest absolute Gasteiger partial charge is 0.421 e. The molecule has 0 bridgehead atoms. The number of aromatic nitrogens is 3. The minimum Gasteiger partial charge on any atom is -0.490 e. The highest BCUT2D eigenvalue weighted by molar-refractivity contribution is 5.59. The minimum atomic E-state index is -4.57. The molecule has 0 spiro atoms. The lowest BCUT2D eigenvalue weighted by Crippen LogP contribution is -2.30. The highest BCUT2D eigenvalue weighted by Gasteiger charge is 2.35. The number of alkyl halides is 3. The number of hydrogen-bond acceptors (Lipinski definition) is 8. The maximum Gasteiger partial charge on any atom is 0.421 e. The van der Waals surface area contributed by atoms with Gasteiger partial charge in [-0.25, -0.2) is 9.97 Å². The van der Waals surface area contributed by atoms with Crippen molar-refractivity contribution in [2.45, 2.75) is 19.0 Å². The number of ether oxygens (including phenoxy) is 1. The molecule has 3 rings (SSSR count). The summed E-state index contributed by atoms with van der Waals surface area (Å²) in [6, 6.07) is 3.54. The predicted octanol–water partition coefficient (Wildman–Crippen LogP) is 2.93. The van der Waals surface area contributed by atoms with Gasteiger partial charge in [-0.2, -0.15) is 23.4 Å². The largest absolute Gasteiger partial charge is 0.490 e. The number of nitrogens with zero attached hydrogens (tertiary/aromatic N) is 4. The number of nitrogens with one attached hydrogen (secondary N) is 3. The van der Waals surface area contributed by atoms with Crippen LogP contribution in [0.25, 0.3) is 0 Å². The Kier molecular flexibility index (Phi) is 6.33. The molecule has 1 aliphatic heterocycles. The van der Waals surface area contributed by atoms with Crippen molar-refractivity contribution in [3.8, 4) is 11.8 Å². The first kappa shape index (κ1) is 20.6. The molecule has 1 saturated heterocycles. The monoisotopic (exact) mass is 407 g/mol. The van der Waals surface area contributed by atoms with Crippen LogP contribution < -0.4 is 20.7 Å². The van der Waals surface area contributed by atoms with Gasteiger partial charge >= 0.3 is 6.18 Å². The second-order valence-electron chi connectivity index (χ2n) is 6.52. The Morgan fingerprint density at radius 2 is 2.03 bits per heavy atom. The van der Waals surface area contributed by atoms with Gasteiger partial charge in [0, 0.05) is 19.3 Å². The molecule has 0 saturated carbocycles. The van der Waals surface area contributed by atoms with E-state index in [1.54, 1.807) is 6.07 Å². The Bertz CT molecular complexity index is 892. The van der Waals surface area contributed by atoms with Crippen molar-refractivity contribution in [1.82, 2.24) is 20.3 Å². The van der Waals surface area contributed by atoms with E-state index in [1.807, 2.05) is 6.07 Å².